The lowest BCUT2D eigenvalue weighted by atomic mass is 9.98. The van der Waals surface area contributed by atoms with Gasteiger partial charge in [-0.05, 0) is 69.0 Å². The zero-order valence-corrected chi connectivity index (χ0v) is 24.0. The van der Waals surface area contributed by atoms with Gasteiger partial charge in [-0.15, -0.1) is 0 Å². The van der Waals surface area contributed by atoms with E-state index in [-0.39, 0.29) is 30.3 Å². The van der Waals surface area contributed by atoms with Crippen LogP contribution in [-0.2, 0) is 19.0 Å². The number of halogens is 3. The fourth-order valence-electron chi connectivity index (χ4n) is 4.62. The maximum absolute atomic E-state index is 13.3. The third-order valence-electron chi connectivity index (χ3n) is 6.51. The summed E-state index contributed by atoms with van der Waals surface area (Å²) in [7, 11) is -5.88. The molecular formula is C30H32F3NO6S. The summed E-state index contributed by atoms with van der Waals surface area (Å²) in [6.45, 7) is 7.49. The third kappa shape index (κ3) is 7.13. The SMILES string of the molecule is C[C@H](c1cccc2ccccc12)N(CCC[C@@H]1C=C(OS(=O)(=O)C(F)(F)F)c2ccccc2O1)C(=O)OC(C)(C)C. The lowest BCUT2D eigenvalue weighted by molar-refractivity contribution is -0.0510. The molecule has 1 aliphatic rings. The van der Waals surface area contributed by atoms with E-state index in [1.807, 2.05) is 49.4 Å². The van der Waals surface area contributed by atoms with Gasteiger partial charge < -0.3 is 18.6 Å². The Morgan fingerprint density at radius 1 is 1.00 bits per heavy atom. The quantitative estimate of drug-likeness (QED) is 0.198. The third-order valence-corrected chi connectivity index (χ3v) is 7.47. The molecule has 0 fully saturated rings. The molecule has 0 saturated carbocycles. The first kappa shape index (κ1) is 30.2. The Bertz CT molecular complexity index is 1540. The van der Waals surface area contributed by atoms with Crippen molar-refractivity contribution in [3.8, 4) is 5.75 Å². The van der Waals surface area contributed by atoms with Crippen LogP contribution in [0.4, 0.5) is 18.0 Å². The van der Waals surface area contributed by atoms with Crippen molar-refractivity contribution in [3.63, 3.8) is 0 Å². The predicted octanol–water partition coefficient (Wildman–Crippen LogP) is 7.59. The van der Waals surface area contributed by atoms with Crippen molar-refractivity contribution in [2.24, 2.45) is 0 Å². The lowest BCUT2D eigenvalue weighted by Gasteiger charge is -2.33. The normalized spacial score (nSPS) is 16.3. The molecule has 0 unspecified atom stereocenters. The fourth-order valence-corrected chi connectivity index (χ4v) is 5.09. The molecule has 1 aliphatic heterocycles. The zero-order valence-electron chi connectivity index (χ0n) is 23.1. The molecule has 0 bridgehead atoms. The van der Waals surface area contributed by atoms with Crippen LogP contribution in [-0.4, -0.2) is 43.2 Å². The molecule has 11 heteroatoms. The van der Waals surface area contributed by atoms with E-state index < -0.39 is 39.2 Å². The number of ether oxygens (including phenoxy) is 2. The summed E-state index contributed by atoms with van der Waals surface area (Å²) >= 11 is 0. The number of rotatable bonds is 8. The monoisotopic (exact) mass is 591 g/mol. The number of hydrogen-bond donors (Lipinski definition) is 0. The van der Waals surface area contributed by atoms with Crippen LogP contribution in [0.2, 0.25) is 0 Å². The summed E-state index contributed by atoms with van der Waals surface area (Å²) in [6, 6.07) is 19.5. The van der Waals surface area contributed by atoms with Crippen molar-refractivity contribution >= 4 is 32.7 Å². The Morgan fingerprint density at radius 3 is 2.37 bits per heavy atom. The second-order valence-corrected chi connectivity index (χ2v) is 12.3. The highest BCUT2D eigenvalue weighted by Gasteiger charge is 2.49. The van der Waals surface area contributed by atoms with Crippen LogP contribution < -0.4 is 4.74 Å². The summed E-state index contributed by atoms with van der Waals surface area (Å²) in [6.07, 6.45) is 0.545. The number of para-hydroxylation sites is 1. The number of carbonyl (C=O) groups is 1. The van der Waals surface area contributed by atoms with Crippen LogP contribution in [0.15, 0.2) is 72.8 Å². The molecule has 0 aromatic heterocycles. The van der Waals surface area contributed by atoms with Crippen molar-refractivity contribution in [2.75, 3.05) is 6.54 Å². The van der Waals surface area contributed by atoms with Gasteiger partial charge in [0.15, 0.2) is 5.76 Å². The highest BCUT2D eigenvalue weighted by atomic mass is 32.2. The largest absolute Gasteiger partial charge is 0.534 e. The standard InChI is InChI=1S/C30H32F3NO6S/c1-20(23-16-9-12-21-11-5-6-14-24(21)23)34(28(35)39-29(2,3)4)18-10-13-22-19-27(40-41(36,37)30(31,32)33)25-15-7-8-17-26(25)38-22/h5-9,11-12,14-17,19-20,22H,10,13,18H2,1-4H3/t20-,22-/m1/s1. The van der Waals surface area contributed by atoms with Gasteiger partial charge in [0.05, 0.1) is 11.6 Å². The minimum atomic E-state index is -5.88. The second-order valence-electron chi connectivity index (χ2n) is 10.7. The van der Waals surface area contributed by atoms with Gasteiger partial charge in [0.1, 0.15) is 17.5 Å². The molecule has 7 nitrogen and oxygen atoms in total. The van der Waals surface area contributed by atoms with Crippen molar-refractivity contribution in [3.05, 3.63) is 83.9 Å². The predicted molar refractivity (Wildman–Crippen MR) is 149 cm³/mol. The molecule has 0 radical (unpaired) electrons. The number of alkyl halides is 3. The van der Waals surface area contributed by atoms with E-state index >= 15 is 0 Å². The van der Waals surface area contributed by atoms with Crippen molar-refractivity contribution < 1.29 is 40.0 Å². The second kappa shape index (κ2) is 11.6. The first-order chi connectivity index (χ1) is 19.2. The topological polar surface area (TPSA) is 82.1 Å². The van der Waals surface area contributed by atoms with E-state index in [1.54, 1.807) is 31.7 Å². The molecule has 41 heavy (non-hydrogen) atoms. The van der Waals surface area contributed by atoms with Crippen molar-refractivity contribution in [1.29, 1.82) is 0 Å². The molecule has 2 atom stereocenters. The Labute approximate surface area is 237 Å². The molecule has 3 aromatic carbocycles. The number of amides is 1. The van der Waals surface area contributed by atoms with E-state index in [2.05, 4.69) is 4.18 Å². The fraction of sp³-hybridized carbons (Fsp3) is 0.367. The van der Waals surface area contributed by atoms with Gasteiger partial charge in [-0.3, -0.25) is 0 Å². The summed E-state index contributed by atoms with van der Waals surface area (Å²) in [5.41, 5.74) is -5.29. The molecular weight excluding hydrogens is 559 g/mol. The average Bonchev–Trinajstić information content (AvgIpc) is 2.88. The summed E-state index contributed by atoms with van der Waals surface area (Å²) < 4.78 is 78.7. The number of hydrogen-bond acceptors (Lipinski definition) is 6. The number of nitrogens with zero attached hydrogens (tertiary/aromatic N) is 1. The van der Waals surface area contributed by atoms with Crippen LogP contribution in [0.5, 0.6) is 5.75 Å². The molecule has 0 saturated heterocycles. The van der Waals surface area contributed by atoms with Gasteiger partial charge >= 0.3 is 21.7 Å². The maximum Gasteiger partial charge on any atom is 0.534 e. The summed E-state index contributed by atoms with van der Waals surface area (Å²) in [4.78, 5) is 14.9. The first-order valence-electron chi connectivity index (χ1n) is 13.1. The lowest BCUT2D eigenvalue weighted by Crippen LogP contribution is -2.39. The Balaban J connectivity index is 1.56. The molecule has 1 amide bonds. The van der Waals surface area contributed by atoms with Crippen LogP contribution in [0.25, 0.3) is 16.5 Å². The smallest absolute Gasteiger partial charge is 0.485 e. The van der Waals surface area contributed by atoms with E-state index in [9.17, 15) is 26.4 Å². The number of fused-ring (bicyclic) bond motifs is 2. The number of benzene rings is 3. The zero-order chi connectivity index (χ0) is 30.0. The van der Waals surface area contributed by atoms with E-state index in [0.717, 1.165) is 16.3 Å². The first-order valence-corrected chi connectivity index (χ1v) is 14.5. The van der Waals surface area contributed by atoms with Gasteiger partial charge in [-0.1, -0.05) is 54.6 Å². The summed E-state index contributed by atoms with van der Waals surface area (Å²) in [5, 5.41) is 2.03. The van der Waals surface area contributed by atoms with Gasteiger partial charge in [-0.2, -0.15) is 21.6 Å². The highest BCUT2D eigenvalue weighted by Crippen LogP contribution is 2.37. The Hall–Kier alpha value is -3.73. The van der Waals surface area contributed by atoms with Crippen molar-refractivity contribution in [1.82, 2.24) is 4.90 Å². The molecule has 0 spiro atoms. The van der Waals surface area contributed by atoms with Crippen LogP contribution >= 0.6 is 0 Å². The van der Waals surface area contributed by atoms with Crippen LogP contribution in [0.1, 0.15) is 57.7 Å². The minimum Gasteiger partial charge on any atom is -0.485 e. The van der Waals surface area contributed by atoms with E-state index in [4.69, 9.17) is 9.47 Å². The van der Waals surface area contributed by atoms with Gasteiger partial charge in [-0.25, -0.2) is 4.79 Å². The van der Waals surface area contributed by atoms with Crippen molar-refractivity contribution in [2.45, 2.75) is 63.8 Å². The molecule has 220 valence electrons. The Kier molecular flexibility index (Phi) is 8.58. The van der Waals surface area contributed by atoms with Crippen LogP contribution in [0, 0.1) is 0 Å². The Morgan fingerprint density at radius 2 is 1.66 bits per heavy atom. The van der Waals surface area contributed by atoms with Gasteiger partial charge in [0, 0.05) is 12.6 Å². The molecule has 0 aliphatic carbocycles. The van der Waals surface area contributed by atoms with Crippen LogP contribution in [0.3, 0.4) is 0 Å². The van der Waals surface area contributed by atoms with Gasteiger partial charge in [0.25, 0.3) is 0 Å². The minimum absolute atomic E-state index is 0.0940. The maximum atomic E-state index is 13.3. The van der Waals surface area contributed by atoms with E-state index in [0.29, 0.717) is 6.42 Å². The summed E-state index contributed by atoms with van der Waals surface area (Å²) in [5.74, 6) is -0.261. The molecule has 0 N–H and O–H groups in total. The number of carbonyl (C=O) groups excluding carboxylic acids is 1. The average molecular weight is 592 g/mol. The van der Waals surface area contributed by atoms with Gasteiger partial charge in [0.2, 0.25) is 0 Å². The highest BCUT2D eigenvalue weighted by molar-refractivity contribution is 7.87. The van der Waals surface area contributed by atoms with E-state index in [1.165, 1.54) is 24.3 Å². The molecule has 4 rings (SSSR count). The molecule has 1 heterocycles. The molecule has 3 aromatic rings.